The van der Waals surface area contributed by atoms with E-state index in [-0.39, 0.29) is 5.92 Å². The molecule has 0 bridgehead atoms. The number of carboxylic acid groups (broad SMARTS) is 1. The molecular weight excluding hydrogens is 247 g/mol. The molecule has 1 aromatic carbocycles. The third kappa shape index (κ3) is 2.33. The van der Waals surface area contributed by atoms with Gasteiger partial charge in [-0.3, -0.25) is 4.79 Å². The molecule has 1 atom stereocenters. The predicted octanol–water partition coefficient (Wildman–Crippen LogP) is 3.99. The highest BCUT2D eigenvalue weighted by atomic mass is 35.5. The highest BCUT2D eigenvalue weighted by molar-refractivity contribution is 6.34. The van der Waals surface area contributed by atoms with Gasteiger partial charge in [-0.1, -0.05) is 37.0 Å². The molecule has 1 aromatic rings. The maximum Gasteiger partial charge on any atom is 0.314 e. The molecule has 1 unspecified atom stereocenters. The first-order valence-corrected chi connectivity index (χ1v) is 5.74. The molecule has 0 saturated carbocycles. The summed E-state index contributed by atoms with van der Waals surface area (Å²) in [5.74, 6) is -0.930. The fraction of sp³-hybridized carbons (Fsp3) is 0.417. The Morgan fingerprint density at radius 2 is 1.69 bits per heavy atom. The zero-order valence-corrected chi connectivity index (χ0v) is 10.9. The molecular formula is C12H14Cl2O2. The highest BCUT2D eigenvalue weighted by Gasteiger charge is 2.38. The van der Waals surface area contributed by atoms with E-state index >= 15 is 0 Å². The Morgan fingerprint density at radius 1 is 1.25 bits per heavy atom. The highest BCUT2D eigenvalue weighted by Crippen LogP contribution is 2.35. The summed E-state index contributed by atoms with van der Waals surface area (Å²) in [7, 11) is 0. The van der Waals surface area contributed by atoms with Crippen LogP contribution in [0.25, 0.3) is 0 Å². The minimum atomic E-state index is -0.978. The predicted molar refractivity (Wildman–Crippen MR) is 66.3 cm³/mol. The molecule has 0 aliphatic rings. The first kappa shape index (κ1) is 13.3. The molecule has 0 aliphatic heterocycles. The molecule has 2 nitrogen and oxygen atoms in total. The van der Waals surface area contributed by atoms with E-state index in [0.29, 0.717) is 15.6 Å². The lowest BCUT2D eigenvalue weighted by molar-refractivity contribution is -0.145. The average Bonchev–Trinajstić information content (AvgIpc) is 2.14. The third-order valence-corrected chi connectivity index (χ3v) is 3.50. The van der Waals surface area contributed by atoms with Crippen molar-refractivity contribution in [2.45, 2.75) is 26.2 Å². The third-order valence-electron chi connectivity index (χ3n) is 3.06. The summed E-state index contributed by atoms with van der Waals surface area (Å²) in [6.45, 7) is 5.41. The largest absolute Gasteiger partial charge is 0.481 e. The monoisotopic (exact) mass is 260 g/mol. The lowest BCUT2D eigenvalue weighted by Gasteiger charge is -2.29. The van der Waals surface area contributed by atoms with Crippen molar-refractivity contribution in [3.63, 3.8) is 0 Å². The Hall–Kier alpha value is -0.730. The van der Waals surface area contributed by atoms with Crippen molar-refractivity contribution in [2.24, 2.45) is 5.92 Å². The van der Waals surface area contributed by atoms with Crippen molar-refractivity contribution >= 4 is 29.2 Å². The fourth-order valence-electron chi connectivity index (χ4n) is 1.56. The fourth-order valence-corrected chi connectivity index (χ4v) is 2.08. The van der Waals surface area contributed by atoms with E-state index in [1.165, 1.54) is 0 Å². The van der Waals surface area contributed by atoms with Crippen molar-refractivity contribution in [2.75, 3.05) is 0 Å². The van der Waals surface area contributed by atoms with Gasteiger partial charge in [0.15, 0.2) is 0 Å². The van der Waals surface area contributed by atoms with Gasteiger partial charge in [0, 0.05) is 10.0 Å². The Bertz CT molecular complexity index is 395. The van der Waals surface area contributed by atoms with Crippen LogP contribution in [0.5, 0.6) is 0 Å². The maximum atomic E-state index is 11.4. The SMILES string of the molecule is CC(C)C(C)(C(=O)O)c1cc(Cl)cc(Cl)c1. The Morgan fingerprint density at radius 3 is 2.00 bits per heavy atom. The van der Waals surface area contributed by atoms with Crippen LogP contribution in [0.4, 0.5) is 0 Å². The molecule has 0 heterocycles. The lowest BCUT2D eigenvalue weighted by atomic mass is 9.73. The van der Waals surface area contributed by atoms with Crippen LogP contribution in [-0.2, 0) is 10.2 Å². The molecule has 0 amide bonds. The number of carbonyl (C=O) groups is 1. The molecule has 0 radical (unpaired) electrons. The Kier molecular flexibility index (Phi) is 3.87. The van der Waals surface area contributed by atoms with Crippen LogP contribution in [-0.4, -0.2) is 11.1 Å². The second-order valence-electron chi connectivity index (χ2n) is 4.32. The van der Waals surface area contributed by atoms with Gasteiger partial charge in [0.25, 0.3) is 0 Å². The molecule has 0 spiro atoms. The van der Waals surface area contributed by atoms with Gasteiger partial charge in [-0.25, -0.2) is 0 Å². The minimum absolute atomic E-state index is 0.0560. The molecule has 1 rings (SSSR count). The van der Waals surface area contributed by atoms with Crippen molar-refractivity contribution in [3.05, 3.63) is 33.8 Å². The second-order valence-corrected chi connectivity index (χ2v) is 5.19. The van der Waals surface area contributed by atoms with E-state index in [1.807, 2.05) is 13.8 Å². The minimum Gasteiger partial charge on any atom is -0.481 e. The van der Waals surface area contributed by atoms with Crippen molar-refractivity contribution < 1.29 is 9.90 Å². The molecule has 0 fully saturated rings. The van der Waals surface area contributed by atoms with E-state index in [0.717, 1.165) is 0 Å². The summed E-state index contributed by atoms with van der Waals surface area (Å²) in [6.07, 6.45) is 0. The van der Waals surface area contributed by atoms with Crippen molar-refractivity contribution in [1.82, 2.24) is 0 Å². The van der Waals surface area contributed by atoms with Crippen molar-refractivity contribution in [3.8, 4) is 0 Å². The number of aliphatic carboxylic acids is 1. The van der Waals surface area contributed by atoms with Crippen LogP contribution in [0.15, 0.2) is 18.2 Å². The molecule has 0 aromatic heterocycles. The van der Waals surface area contributed by atoms with Gasteiger partial charge in [-0.15, -0.1) is 0 Å². The number of hydrogen-bond donors (Lipinski definition) is 1. The molecule has 0 saturated heterocycles. The summed E-state index contributed by atoms with van der Waals surface area (Å²) in [5.41, 5.74) is -0.346. The van der Waals surface area contributed by atoms with Gasteiger partial charge in [-0.2, -0.15) is 0 Å². The second kappa shape index (κ2) is 4.64. The van der Waals surface area contributed by atoms with E-state index in [1.54, 1.807) is 25.1 Å². The molecule has 88 valence electrons. The number of carboxylic acids is 1. The van der Waals surface area contributed by atoms with Crippen LogP contribution in [0.3, 0.4) is 0 Å². The zero-order chi connectivity index (χ0) is 12.5. The maximum absolute atomic E-state index is 11.4. The van der Waals surface area contributed by atoms with Crippen LogP contribution in [0.1, 0.15) is 26.3 Å². The number of hydrogen-bond acceptors (Lipinski definition) is 1. The summed E-state index contributed by atoms with van der Waals surface area (Å²) in [4.78, 5) is 11.4. The Balaban J connectivity index is 3.38. The van der Waals surface area contributed by atoms with Crippen LogP contribution < -0.4 is 0 Å². The quantitative estimate of drug-likeness (QED) is 0.893. The van der Waals surface area contributed by atoms with Crippen LogP contribution in [0, 0.1) is 5.92 Å². The van der Waals surface area contributed by atoms with E-state index in [4.69, 9.17) is 23.2 Å². The van der Waals surface area contributed by atoms with Gasteiger partial charge in [0.2, 0.25) is 0 Å². The van der Waals surface area contributed by atoms with E-state index < -0.39 is 11.4 Å². The number of benzene rings is 1. The van der Waals surface area contributed by atoms with E-state index in [9.17, 15) is 9.90 Å². The van der Waals surface area contributed by atoms with Gasteiger partial charge in [-0.05, 0) is 36.6 Å². The summed E-state index contributed by atoms with van der Waals surface area (Å²) in [6, 6.07) is 4.90. The molecule has 4 heteroatoms. The smallest absolute Gasteiger partial charge is 0.314 e. The Labute approximate surface area is 105 Å². The normalized spacial score (nSPS) is 14.9. The van der Waals surface area contributed by atoms with Crippen molar-refractivity contribution in [1.29, 1.82) is 0 Å². The standard InChI is InChI=1S/C12H14Cl2O2/c1-7(2)12(3,11(15)16)8-4-9(13)6-10(14)5-8/h4-7H,1-3H3,(H,15,16). The molecule has 1 N–H and O–H groups in total. The molecule has 16 heavy (non-hydrogen) atoms. The van der Waals surface area contributed by atoms with Gasteiger partial charge >= 0.3 is 5.97 Å². The number of rotatable bonds is 3. The van der Waals surface area contributed by atoms with Crippen LogP contribution in [0.2, 0.25) is 10.0 Å². The summed E-state index contributed by atoms with van der Waals surface area (Å²) < 4.78 is 0. The molecule has 0 aliphatic carbocycles. The lowest BCUT2D eigenvalue weighted by Crippen LogP contribution is -2.37. The van der Waals surface area contributed by atoms with Gasteiger partial charge < -0.3 is 5.11 Å². The average molecular weight is 261 g/mol. The van der Waals surface area contributed by atoms with E-state index in [2.05, 4.69) is 0 Å². The number of halogens is 2. The zero-order valence-electron chi connectivity index (χ0n) is 9.42. The summed E-state index contributed by atoms with van der Waals surface area (Å²) in [5, 5.41) is 10.3. The van der Waals surface area contributed by atoms with Gasteiger partial charge in [0.1, 0.15) is 0 Å². The first-order chi connectivity index (χ1) is 7.28. The summed E-state index contributed by atoms with van der Waals surface area (Å²) >= 11 is 11.8. The van der Waals surface area contributed by atoms with Gasteiger partial charge in [0.05, 0.1) is 5.41 Å². The topological polar surface area (TPSA) is 37.3 Å². The first-order valence-electron chi connectivity index (χ1n) is 4.98. The van der Waals surface area contributed by atoms with Crippen LogP contribution >= 0.6 is 23.2 Å².